The first-order valence-corrected chi connectivity index (χ1v) is 7.72. The van der Waals surface area contributed by atoms with E-state index in [4.69, 9.17) is 5.26 Å². The highest BCUT2D eigenvalue weighted by atomic mass is 32.1. The van der Waals surface area contributed by atoms with Gasteiger partial charge in [-0.05, 0) is 49.2 Å². The molecule has 0 amide bonds. The summed E-state index contributed by atoms with van der Waals surface area (Å²) in [6.07, 6.45) is -4.50. The number of aromatic nitrogens is 3. The lowest BCUT2D eigenvalue weighted by Gasteiger charge is -2.11. The number of nitrogens with one attached hydrogen (secondary N) is 1. The predicted octanol–water partition coefficient (Wildman–Crippen LogP) is 4.71. The second-order valence-electron chi connectivity index (χ2n) is 5.26. The number of rotatable bonds is 2. The maximum atomic E-state index is 13.3. The average Bonchev–Trinajstić information content (AvgIpc) is 3.11. The molecule has 0 saturated heterocycles. The maximum Gasteiger partial charge on any atom is 0.416 e. The summed E-state index contributed by atoms with van der Waals surface area (Å²) in [5, 5.41) is 18.8. The standard InChI is InChI=1S/C16H11F3N4S/c1-8-3-13(9(2)24-8)10-4-11(6-12(5-10)16(17,18)19)15-14(7-20)21-23-22-15/h3-6H,1-2H3,(H,21,22,23). The third kappa shape index (κ3) is 2.90. The molecule has 0 aliphatic heterocycles. The van der Waals surface area contributed by atoms with E-state index in [1.807, 2.05) is 26.0 Å². The van der Waals surface area contributed by atoms with Gasteiger partial charge in [0.15, 0.2) is 5.69 Å². The predicted molar refractivity (Wildman–Crippen MR) is 84.3 cm³/mol. The Labute approximate surface area is 139 Å². The lowest BCUT2D eigenvalue weighted by molar-refractivity contribution is -0.137. The molecule has 4 nitrogen and oxygen atoms in total. The fraction of sp³-hybridized carbons (Fsp3) is 0.188. The molecule has 122 valence electrons. The monoisotopic (exact) mass is 348 g/mol. The number of nitrogens with zero attached hydrogens (tertiary/aromatic N) is 3. The van der Waals surface area contributed by atoms with Crippen LogP contribution in [-0.2, 0) is 6.18 Å². The summed E-state index contributed by atoms with van der Waals surface area (Å²) in [6, 6.07) is 7.38. The zero-order valence-electron chi connectivity index (χ0n) is 12.7. The van der Waals surface area contributed by atoms with E-state index in [-0.39, 0.29) is 17.0 Å². The van der Waals surface area contributed by atoms with Gasteiger partial charge in [-0.2, -0.15) is 28.7 Å². The van der Waals surface area contributed by atoms with Crippen molar-refractivity contribution in [3.8, 4) is 28.5 Å². The Morgan fingerprint density at radius 2 is 1.79 bits per heavy atom. The van der Waals surface area contributed by atoms with Gasteiger partial charge in [0, 0.05) is 15.3 Å². The number of aryl methyl sites for hydroxylation is 2. The van der Waals surface area contributed by atoms with Crippen LogP contribution >= 0.6 is 11.3 Å². The Kier molecular flexibility index (Phi) is 3.89. The largest absolute Gasteiger partial charge is 0.416 e. The van der Waals surface area contributed by atoms with E-state index in [9.17, 15) is 13.2 Å². The summed E-state index contributed by atoms with van der Waals surface area (Å²) in [6.45, 7) is 3.77. The molecule has 0 bridgehead atoms. The number of nitriles is 1. The van der Waals surface area contributed by atoms with E-state index < -0.39 is 11.7 Å². The first-order chi connectivity index (χ1) is 11.3. The van der Waals surface area contributed by atoms with Crippen molar-refractivity contribution in [2.75, 3.05) is 0 Å². The third-order valence-electron chi connectivity index (χ3n) is 3.54. The summed E-state index contributed by atoms with van der Waals surface area (Å²) in [5.41, 5.74) is 0.659. The zero-order valence-corrected chi connectivity index (χ0v) is 13.5. The molecule has 0 radical (unpaired) electrons. The first-order valence-electron chi connectivity index (χ1n) is 6.90. The highest BCUT2D eigenvalue weighted by Gasteiger charge is 2.32. The Morgan fingerprint density at radius 3 is 2.38 bits per heavy atom. The van der Waals surface area contributed by atoms with Gasteiger partial charge in [-0.15, -0.1) is 16.4 Å². The van der Waals surface area contributed by atoms with Crippen molar-refractivity contribution >= 4 is 11.3 Å². The Balaban J connectivity index is 2.26. The van der Waals surface area contributed by atoms with E-state index in [1.165, 1.54) is 11.3 Å². The molecule has 0 aliphatic carbocycles. The Bertz CT molecular complexity index is 947. The molecular formula is C16H11F3N4S. The number of alkyl halides is 3. The topological polar surface area (TPSA) is 65.4 Å². The van der Waals surface area contributed by atoms with Crippen molar-refractivity contribution in [2.24, 2.45) is 0 Å². The summed E-state index contributed by atoms with van der Waals surface area (Å²) in [7, 11) is 0. The second kappa shape index (κ2) is 5.76. The minimum Gasteiger partial charge on any atom is -0.196 e. The minimum absolute atomic E-state index is 0.0431. The number of halogens is 3. The molecule has 0 atom stereocenters. The molecule has 8 heteroatoms. The number of benzene rings is 1. The van der Waals surface area contributed by atoms with Gasteiger partial charge in [-0.25, -0.2) is 0 Å². The Morgan fingerprint density at radius 1 is 1.08 bits per heavy atom. The smallest absolute Gasteiger partial charge is 0.196 e. The molecule has 0 aliphatic rings. The molecule has 0 unspecified atom stereocenters. The first kappa shape index (κ1) is 16.2. The fourth-order valence-corrected chi connectivity index (χ4v) is 3.46. The average molecular weight is 348 g/mol. The van der Waals surface area contributed by atoms with Crippen LogP contribution in [0.15, 0.2) is 24.3 Å². The summed E-state index contributed by atoms with van der Waals surface area (Å²) in [5.74, 6) is 0. The van der Waals surface area contributed by atoms with Gasteiger partial charge >= 0.3 is 6.18 Å². The normalized spacial score (nSPS) is 11.5. The van der Waals surface area contributed by atoms with Gasteiger partial charge in [-0.1, -0.05) is 0 Å². The molecule has 0 spiro atoms. The van der Waals surface area contributed by atoms with Gasteiger partial charge in [0.2, 0.25) is 0 Å². The molecule has 0 fully saturated rings. The number of H-pyrrole nitrogens is 1. The summed E-state index contributed by atoms with van der Waals surface area (Å²) in [4.78, 5) is 1.94. The molecule has 1 aromatic carbocycles. The van der Waals surface area contributed by atoms with Crippen LogP contribution in [-0.4, -0.2) is 15.4 Å². The Hall–Kier alpha value is -2.66. The maximum absolute atomic E-state index is 13.3. The quantitative estimate of drug-likeness (QED) is 0.729. The van der Waals surface area contributed by atoms with Crippen LogP contribution in [0.25, 0.3) is 22.4 Å². The van der Waals surface area contributed by atoms with Crippen LogP contribution < -0.4 is 0 Å². The molecule has 2 heterocycles. The van der Waals surface area contributed by atoms with Crippen LogP contribution in [0.5, 0.6) is 0 Å². The van der Waals surface area contributed by atoms with Crippen molar-refractivity contribution in [1.82, 2.24) is 15.4 Å². The number of hydrogen-bond donors (Lipinski definition) is 1. The summed E-state index contributed by atoms with van der Waals surface area (Å²) < 4.78 is 39.9. The van der Waals surface area contributed by atoms with Crippen molar-refractivity contribution in [2.45, 2.75) is 20.0 Å². The third-order valence-corrected chi connectivity index (χ3v) is 4.51. The molecule has 24 heavy (non-hydrogen) atoms. The SMILES string of the molecule is Cc1cc(-c2cc(-c3n[nH]nc3C#N)cc(C(F)(F)F)c2)c(C)s1. The van der Waals surface area contributed by atoms with Gasteiger partial charge in [-0.3, -0.25) is 0 Å². The lowest BCUT2D eigenvalue weighted by Crippen LogP contribution is -2.05. The van der Waals surface area contributed by atoms with E-state index >= 15 is 0 Å². The van der Waals surface area contributed by atoms with E-state index in [0.717, 1.165) is 27.5 Å². The van der Waals surface area contributed by atoms with E-state index in [1.54, 1.807) is 6.07 Å². The van der Waals surface area contributed by atoms with Gasteiger partial charge in [0.25, 0.3) is 0 Å². The van der Waals surface area contributed by atoms with Crippen LogP contribution in [0.3, 0.4) is 0 Å². The second-order valence-corrected chi connectivity index (χ2v) is 6.72. The summed E-state index contributed by atoms with van der Waals surface area (Å²) >= 11 is 1.52. The van der Waals surface area contributed by atoms with Crippen LogP contribution in [0.2, 0.25) is 0 Å². The minimum atomic E-state index is -4.50. The highest BCUT2D eigenvalue weighted by molar-refractivity contribution is 7.12. The van der Waals surface area contributed by atoms with Crippen molar-refractivity contribution < 1.29 is 13.2 Å². The molecule has 1 N–H and O–H groups in total. The van der Waals surface area contributed by atoms with E-state index in [0.29, 0.717) is 5.56 Å². The highest BCUT2D eigenvalue weighted by Crippen LogP contribution is 2.38. The van der Waals surface area contributed by atoms with E-state index in [2.05, 4.69) is 15.4 Å². The number of thiophene rings is 1. The molecule has 3 rings (SSSR count). The zero-order chi connectivity index (χ0) is 17.5. The molecule has 0 saturated carbocycles. The molecule has 2 aromatic heterocycles. The van der Waals surface area contributed by atoms with Crippen LogP contribution in [0.4, 0.5) is 13.2 Å². The van der Waals surface area contributed by atoms with Gasteiger partial charge < -0.3 is 0 Å². The molecule has 3 aromatic rings. The van der Waals surface area contributed by atoms with Gasteiger partial charge in [0.05, 0.1) is 5.56 Å². The van der Waals surface area contributed by atoms with Crippen LogP contribution in [0, 0.1) is 25.2 Å². The number of hydrogen-bond acceptors (Lipinski definition) is 4. The fourth-order valence-electron chi connectivity index (χ4n) is 2.51. The molecular weight excluding hydrogens is 337 g/mol. The van der Waals surface area contributed by atoms with Crippen molar-refractivity contribution in [3.05, 3.63) is 45.3 Å². The van der Waals surface area contributed by atoms with Gasteiger partial charge in [0.1, 0.15) is 11.8 Å². The lowest BCUT2D eigenvalue weighted by atomic mass is 9.98. The number of aromatic amines is 1. The van der Waals surface area contributed by atoms with Crippen LogP contribution in [0.1, 0.15) is 21.0 Å². The van der Waals surface area contributed by atoms with Crippen molar-refractivity contribution in [3.63, 3.8) is 0 Å². The van der Waals surface area contributed by atoms with Crippen molar-refractivity contribution in [1.29, 1.82) is 5.26 Å².